The number of likely N-dealkylation sites (tertiary alicyclic amines) is 1. The zero-order valence-electron chi connectivity index (χ0n) is 17.3. The number of benzene rings is 1. The summed E-state index contributed by atoms with van der Waals surface area (Å²) >= 11 is 0. The maximum Gasteiger partial charge on any atom is 0.262 e. The van der Waals surface area contributed by atoms with Crippen LogP contribution in [0.15, 0.2) is 24.3 Å². The maximum absolute atomic E-state index is 12.7. The number of hydrogen-bond donors (Lipinski definition) is 1. The second-order valence-electron chi connectivity index (χ2n) is 7.82. The lowest BCUT2D eigenvalue weighted by molar-refractivity contribution is -0.137. The Morgan fingerprint density at radius 1 is 1.03 bits per heavy atom. The normalized spacial score (nSPS) is 18.2. The van der Waals surface area contributed by atoms with Crippen molar-refractivity contribution in [1.82, 2.24) is 15.1 Å². The van der Waals surface area contributed by atoms with Crippen LogP contribution in [0.3, 0.4) is 0 Å². The summed E-state index contributed by atoms with van der Waals surface area (Å²) in [4.78, 5) is 53.3. The molecule has 1 atom stereocenters. The first-order valence-electron chi connectivity index (χ1n) is 10.4. The molecule has 7 nitrogen and oxygen atoms in total. The van der Waals surface area contributed by atoms with E-state index in [-0.39, 0.29) is 23.8 Å². The third-order valence-electron chi connectivity index (χ3n) is 6.08. The first kappa shape index (κ1) is 21.0. The number of piperidine rings is 1. The van der Waals surface area contributed by atoms with Gasteiger partial charge >= 0.3 is 0 Å². The summed E-state index contributed by atoms with van der Waals surface area (Å²) in [5.41, 5.74) is 0.677. The highest BCUT2D eigenvalue weighted by molar-refractivity contribution is 6.22. The topological polar surface area (TPSA) is 86.8 Å². The Labute approximate surface area is 171 Å². The fourth-order valence-corrected chi connectivity index (χ4v) is 4.14. The monoisotopic (exact) mass is 399 g/mol. The zero-order chi connectivity index (χ0) is 21.1. The van der Waals surface area contributed by atoms with Gasteiger partial charge in [-0.15, -0.1) is 0 Å². The van der Waals surface area contributed by atoms with Crippen molar-refractivity contribution in [2.75, 3.05) is 13.1 Å². The van der Waals surface area contributed by atoms with Crippen LogP contribution in [0, 0.1) is 5.92 Å². The van der Waals surface area contributed by atoms with Gasteiger partial charge in [0.05, 0.1) is 11.1 Å². The van der Waals surface area contributed by atoms with E-state index in [9.17, 15) is 19.2 Å². The van der Waals surface area contributed by atoms with Gasteiger partial charge in [0.15, 0.2) is 0 Å². The van der Waals surface area contributed by atoms with Crippen LogP contribution in [0.2, 0.25) is 0 Å². The number of fused-ring (bicyclic) bond motifs is 1. The fourth-order valence-electron chi connectivity index (χ4n) is 4.14. The van der Waals surface area contributed by atoms with Crippen LogP contribution < -0.4 is 5.32 Å². The molecule has 1 fully saturated rings. The third-order valence-corrected chi connectivity index (χ3v) is 6.08. The molecule has 2 aliphatic heterocycles. The van der Waals surface area contributed by atoms with Crippen molar-refractivity contribution in [2.24, 2.45) is 5.92 Å². The number of nitrogens with one attached hydrogen (secondary N) is 1. The van der Waals surface area contributed by atoms with Gasteiger partial charge in [0, 0.05) is 25.0 Å². The van der Waals surface area contributed by atoms with Gasteiger partial charge in [0.1, 0.15) is 6.04 Å². The summed E-state index contributed by atoms with van der Waals surface area (Å²) in [6.07, 6.45) is 3.02. The highest BCUT2D eigenvalue weighted by atomic mass is 16.2. The van der Waals surface area contributed by atoms with Crippen LogP contribution in [0.1, 0.15) is 67.2 Å². The maximum atomic E-state index is 12.7. The number of carbonyl (C=O) groups excluding carboxylic acids is 4. The Morgan fingerprint density at radius 2 is 1.55 bits per heavy atom. The van der Waals surface area contributed by atoms with Gasteiger partial charge in [-0.25, -0.2) is 0 Å². The van der Waals surface area contributed by atoms with E-state index in [0.717, 1.165) is 17.7 Å². The Bertz CT molecular complexity index is 775. The minimum atomic E-state index is -0.883. The predicted octanol–water partition coefficient (Wildman–Crippen LogP) is 2.21. The second-order valence-corrected chi connectivity index (χ2v) is 7.82. The second kappa shape index (κ2) is 8.76. The molecule has 2 heterocycles. The Morgan fingerprint density at radius 3 is 2.03 bits per heavy atom. The van der Waals surface area contributed by atoms with Gasteiger partial charge in [-0.2, -0.15) is 0 Å². The summed E-state index contributed by atoms with van der Waals surface area (Å²) in [5, 5.41) is 2.96. The number of rotatable bonds is 6. The van der Waals surface area contributed by atoms with Crippen LogP contribution in [-0.4, -0.2) is 58.6 Å². The zero-order valence-corrected chi connectivity index (χ0v) is 17.3. The summed E-state index contributed by atoms with van der Waals surface area (Å²) < 4.78 is 0. The third kappa shape index (κ3) is 4.04. The minimum Gasteiger partial charge on any atom is -0.351 e. The molecule has 0 saturated carbocycles. The lowest BCUT2D eigenvalue weighted by Crippen LogP contribution is -2.53. The highest BCUT2D eigenvalue weighted by Gasteiger charge is 2.41. The molecule has 0 aliphatic carbocycles. The van der Waals surface area contributed by atoms with Gasteiger partial charge in [-0.3, -0.25) is 24.1 Å². The van der Waals surface area contributed by atoms with Gasteiger partial charge in [0.2, 0.25) is 11.8 Å². The Hall–Kier alpha value is -2.70. The molecule has 156 valence electrons. The van der Waals surface area contributed by atoms with E-state index in [4.69, 9.17) is 0 Å². The first-order chi connectivity index (χ1) is 13.9. The Balaban J connectivity index is 1.56. The molecule has 3 rings (SSSR count). The van der Waals surface area contributed by atoms with Gasteiger partial charge in [-0.05, 0) is 44.7 Å². The van der Waals surface area contributed by atoms with E-state index in [0.29, 0.717) is 37.1 Å². The smallest absolute Gasteiger partial charge is 0.262 e. The molecule has 4 amide bonds. The van der Waals surface area contributed by atoms with Crippen LogP contribution in [0.5, 0.6) is 0 Å². The molecule has 0 radical (unpaired) electrons. The molecule has 2 aliphatic rings. The minimum absolute atomic E-state index is 0.0640. The summed E-state index contributed by atoms with van der Waals surface area (Å²) in [5.74, 6) is -0.948. The van der Waals surface area contributed by atoms with E-state index in [2.05, 4.69) is 5.32 Å². The number of carbonyl (C=O) groups is 4. The van der Waals surface area contributed by atoms with Crippen molar-refractivity contribution >= 4 is 23.6 Å². The van der Waals surface area contributed by atoms with Crippen LogP contribution in [0.4, 0.5) is 0 Å². The van der Waals surface area contributed by atoms with Crippen molar-refractivity contribution in [1.29, 1.82) is 0 Å². The molecule has 0 aromatic heterocycles. The SMILES string of the molecule is CCC(CC)C(=O)N1CCC(NC(=O)C(C)N2C(=O)c3ccccc3C2=O)CC1. The van der Waals surface area contributed by atoms with Crippen molar-refractivity contribution in [2.45, 2.75) is 58.5 Å². The van der Waals surface area contributed by atoms with E-state index >= 15 is 0 Å². The van der Waals surface area contributed by atoms with Crippen molar-refractivity contribution in [3.63, 3.8) is 0 Å². The summed E-state index contributed by atoms with van der Waals surface area (Å²) in [7, 11) is 0. The molecule has 0 bridgehead atoms. The molecule has 7 heteroatoms. The number of amides is 4. The molecule has 1 aromatic carbocycles. The van der Waals surface area contributed by atoms with Crippen molar-refractivity contribution in [3.05, 3.63) is 35.4 Å². The number of hydrogen-bond acceptors (Lipinski definition) is 4. The lowest BCUT2D eigenvalue weighted by Gasteiger charge is -2.35. The van der Waals surface area contributed by atoms with Gasteiger partial charge < -0.3 is 10.2 Å². The van der Waals surface area contributed by atoms with Crippen molar-refractivity contribution in [3.8, 4) is 0 Å². The van der Waals surface area contributed by atoms with Crippen LogP contribution in [-0.2, 0) is 9.59 Å². The molecular weight excluding hydrogens is 370 g/mol. The molecule has 0 spiro atoms. The van der Waals surface area contributed by atoms with Crippen LogP contribution >= 0.6 is 0 Å². The molecule has 1 aromatic rings. The van der Waals surface area contributed by atoms with E-state index in [1.807, 2.05) is 18.7 Å². The summed E-state index contributed by atoms with van der Waals surface area (Å²) in [6.45, 7) is 6.85. The molecule has 1 unspecified atom stereocenters. The van der Waals surface area contributed by atoms with E-state index < -0.39 is 17.9 Å². The largest absolute Gasteiger partial charge is 0.351 e. The average Bonchev–Trinajstić information content (AvgIpc) is 2.99. The molecule has 1 N–H and O–H groups in total. The Kier molecular flexibility index (Phi) is 6.35. The highest BCUT2D eigenvalue weighted by Crippen LogP contribution is 2.25. The number of nitrogens with zero attached hydrogens (tertiary/aromatic N) is 2. The lowest BCUT2D eigenvalue weighted by atomic mass is 9.98. The summed E-state index contributed by atoms with van der Waals surface area (Å²) in [6, 6.07) is 5.67. The van der Waals surface area contributed by atoms with Gasteiger partial charge in [0.25, 0.3) is 11.8 Å². The molecule has 29 heavy (non-hydrogen) atoms. The standard InChI is InChI=1S/C22H29N3O4/c1-4-15(5-2)20(27)24-12-10-16(11-13-24)23-19(26)14(3)25-21(28)17-8-6-7-9-18(17)22(25)29/h6-9,14-16H,4-5,10-13H2,1-3H3,(H,23,26). The predicted molar refractivity (Wildman–Crippen MR) is 108 cm³/mol. The quantitative estimate of drug-likeness (QED) is 0.743. The van der Waals surface area contributed by atoms with Crippen molar-refractivity contribution < 1.29 is 19.2 Å². The first-order valence-corrected chi connectivity index (χ1v) is 10.4. The van der Waals surface area contributed by atoms with E-state index in [1.165, 1.54) is 0 Å². The molecular formula is C22H29N3O4. The van der Waals surface area contributed by atoms with E-state index in [1.54, 1.807) is 31.2 Å². The van der Waals surface area contributed by atoms with Crippen LogP contribution in [0.25, 0.3) is 0 Å². The average molecular weight is 399 g/mol. The number of imide groups is 1. The van der Waals surface area contributed by atoms with Gasteiger partial charge in [-0.1, -0.05) is 26.0 Å². The fraction of sp³-hybridized carbons (Fsp3) is 0.545. The molecule has 1 saturated heterocycles.